The molecule has 8 heteroatoms. The summed E-state index contributed by atoms with van der Waals surface area (Å²) in [6, 6.07) is 4.70. The first-order valence-corrected chi connectivity index (χ1v) is 12.8. The molecule has 1 aromatic carbocycles. The number of aryl methyl sites for hydroxylation is 1. The molecule has 5 rings (SSSR count). The van der Waals surface area contributed by atoms with E-state index in [0.29, 0.717) is 23.7 Å². The fourth-order valence-electron chi connectivity index (χ4n) is 6.17. The number of likely N-dealkylation sites (tertiary alicyclic amines) is 1. The van der Waals surface area contributed by atoms with Crippen LogP contribution in [0.2, 0.25) is 5.02 Å². The van der Waals surface area contributed by atoms with Gasteiger partial charge in [0.2, 0.25) is 17.7 Å². The Labute approximate surface area is 205 Å². The number of carbonyl (C=O) groups is 3. The lowest BCUT2D eigenvalue weighted by Crippen LogP contribution is -2.56. The number of anilines is 1. The quantitative estimate of drug-likeness (QED) is 0.603. The number of ether oxygens (including phenoxy) is 1. The summed E-state index contributed by atoms with van der Waals surface area (Å²) in [6.07, 6.45) is 9.19. The predicted octanol–water partition coefficient (Wildman–Crippen LogP) is 3.60. The summed E-state index contributed by atoms with van der Waals surface area (Å²) in [5.74, 6) is -2.08. The minimum atomic E-state index is -1.11. The summed E-state index contributed by atoms with van der Waals surface area (Å²) in [4.78, 5) is 42.3. The summed E-state index contributed by atoms with van der Waals surface area (Å²) in [7, 11) is 0. The maximum atomic E-state index is 13.7. The molecule has 2 N–H and O–H groups in total. The molecular formula is C26H32ClN3O4. The van der Waals surface area contributed by atoms with Gasteiger partial charge in [0.25, 0.3) is 0 Å². The molecule has 4 aliphatic rings. The number of amides is 3. The third-order valence-corrected chi connectivity index (χ3v) is 8.19. The topological polar surface area (TPSA) is 87.7 Å². The number of nitrogens with one attached hydrogen (secondary N) is 2. The molecule has 34 heavy (non-hydrogen) atoms. The molecule has 1 aromatic rings. The monoisotopic (exact) mass is 485 g/mol. The molecule has 182 valence electrons. The van der Waals surface area contributed by atoms with Crippen molar-refractivity contribution < 1.29 is 19.1 Å². The molecule has 3 unspecified atom stereocenters. The molecular weight excluding hydrogens is 454 g/mol. The van der Waals surface area contributed by atoms with Crippen LogP contribution in [-0.2, 0) is 19.1 Å². The van der Waals surface area contributed by atoms with E-state index in [9.17, 15) is 14.4 Å². The molecule has 1 saturated carbocycles. The van der Waals surface area contributed by atoms with E-state index in [1.54, 1.807) is 17.0 Å². The van der Waals surface area contributed by atoms with Gasteiger partial charge in [-0.15, -0.1) is 0 Å². The van der Waals surface area contributed by atoms with E-state index < -0.39 is 29.6 Å². The maximum Gasteiger partial charge on any atom is 0.246 e. The van der Waals surface area contributed by atoms with Crippen LogP contribution in [0.4, 0.5) is 5.69 Å². The van der Waals surface area contributed by atoms with Crippen molar-refractivity contribution in [3.63, 3.8) is 0 Å². The highest BCUT2D eigenvalue weighted by Crippen LogP contribution is 2.55. The van der Waals surface area contributed by atoms with Gasteiger partial charge < -0.3 is 20.3 Å². The smallest absolute Gasteiger partial charge is 0.246 e. The van der Waals surface area contributed by atoms with Gasteiger partial charge in [0.05, 0.1) is 17.9 Å². The zero-order valence-electron chi connectivity index (χ0n) is 19.7. The lowest BCUT2D eigenvalue weighted by Gasteiger charge is -2.34. The largest absolute Gasteiger partial charge is 0.359 e. The molecule has 2 saturated heterocycles. The van der Waals surface area contributed by atoms with Crippen LogP contribution in [0.15, 0.2) is 30.4 Å². The minimum Gasteiger partial charge on any atom is -0.359 e. The Morgan fingerprint density at radius 1 is 1.21 bits per heavy atom. The summed E-state index contributed by atoms with van der Waals surface area (Å²) in [5.41, 5.74) is 0.379. The Morgan fingerprint density at radius 2 is 1.97 bits per heavy atom. The molecule has 5 atom stereocenters. The maximum absolute atomic E-state index is 13.7. The van der Waals surface area contributed by atoms with Gasteiger partial charge in [0, 0.05) is 23.3 Å². The Balaban J connectivity index is 1.42. The van der Waals surface area contributed by atoms with Gasteiger partial charge in [-0.3, -0.25) is 14.4 Å². The normalized spacial score (nSPS) is 32.2. The summed E-state index contributed by atoms with van der Waals surface area (Å²) >= 11 is 6.23. The Kier molecular flexibility index (Phi) is 6.19. The average Bonchev–Trinajstić information content (AvgIpc) is 3.45. The average molecular weight is 486 g/mol. The van der Waals surface area contributed by atoms with E-state index in [1.165, 1.54) is 6.42 Å². The zero-order chi connectivity index (χ0) is 24.0. The molecule has 0 radical (unpaired) electrons. The van der Waals surface area contributed by atoms with Crippen molar-refractivity contribution in [2.45, 2.75) is 76.2 Å². The molecule has 1 spiro atoms. The third kappa shape index (κ3) is 3.73. The number of rotatable bonds is 6. The molecule has 3 heterocycles. The number of halogens is 1. The number of carbonyl (C=O) groups excluding carboxylic acids is 3. The van der Waals surface area contributed by atoms with Crippen LogP contribution in [0, 0.1) is 18.8 Å². The standard InChI is InChI=1S/C26H32ClN3O4/c1-3-13-30-22(24(32)28-16-7-5-4-6-8-16)26-12-11-19(34-26)20(21(26)25(30)33)23(31)29-17-10-9-15(2)18(27)14-17/h9-12,14,16,19-22H,3-8,13H2,1-2H3,(H,28,32)(H,29,31)/t19-,20?,21-,22?,26?/m1/s1. The van der Waals surface area contributed by atoms with Crippen molar-refractivity contribution in [2.75, 3.05) is 11.9 Å². The van der Waals surface area contributed by atoms with Gasteiger partial charge in [-0.05, 0) is 43.9 Å². The van der Waals surface area contributed by atoms with Gasteiger partial charge in [0.15, 0.2) is 0 Å². The Morgan fingerprint density at radius 3 is 2.68 bits per heavy atom. The summed E-state index contributed by atoms with van der Waals surface area (Å²) < 4.78 is 6.35. The van der Waals surface area contributed by atoms with Crippen LogP contribution < -0.4 is 10.6 Å². The molecule has 0 aromatic heterocycles. The molecule has 3 aliphatic heterocycles. The number of benzene rings is 1. The lowest BCUT2D eigenvalue weighted by molar-refractivity contribution is -0.141. The van der Waals surface area contributed by atoms with Crippen LogP contribution in [0.1, 0.15) is 51.0 Å². The first-order valence-electron chi connectivity index (χ1n) is 12.4. The van der Waals surface area contributed by atoms with E-state index >= 15 is 0 Å². The molecule has 2 bridgehead atoms. The van der Waals surface area contributed by atoms with Gasteiger partial charge >= 0.3 is 0 Å². The molecule has 3 amide bonds. The first-order chi connectivity index (χ1) is 16.4. The van der Waals surface area contributed by atoms with Crippen LogP contribution in [-0.4, -0.2) is 53.0 Å². The van der Waals surface area contributed by atoms with E-state index in [4.69, 9.17) is 16.3 Å². The van der Waals surface area contributed by atoms with Crippen LogP contribution in [0.5, 0.6) is 0 Å². The van der Waals surface area contributed by atoms with Crippen molar-refractivity contribution in [2.24, 2.45) is 11.8 Å². The van der Waals surface area contributed by atoms with E-state index in [2.05, 4.69) is 10.6 Å². The Bertz CT molecular complexity index is 1040. The van der Waals surface area contributed by atoms with E-state index in [-0.39, 0.29) is 23.8 Å². The van der Waals surface area contributed by atoms with Crippen molar-refractivity contribution in [3.05, 3.63) is 40.9 Å². The minimum absolute atomic E-state index is 0.128. The molecule has 7 nitrogen and oxygen atoms in total. The van der Waals surface area contributed by atoms with Crippen LogP contribution >= 0.6 is 11.6 Å². The SMILES string of the molecule is CCCN1C(=O)[C@H]2C(C(=O)Nc3ccc(C)c(Cl)c3)[C@H]3C=CC2(O3)C1C(=O)NC1CCCCC1. The van der Waals surface area contributed by atoms with Gasteiger partial charge in [-0.1, -0.05) is 56.0 Å². The van der Waals surface area contributed by atoms with Crippen LogP contribution in [0.25, 0.3) is 0 Å². The second-order valence-electron chi connectivity index (χ2n) is 10.0. The van der Waals surface area contributed by atoms with Crippen LogP contribution in [0.3, 0.4) is 0 Å². The van der Waals surface area contributed by atoms with E-state index in [0.717, 1.165) is 31.2 Å². The number of fused-ring (bicyclic) bond motifs is 1. The highest BCUT2D eigenvalue weighted by Gasteiger charge is 2.72. The molecule has 1 aliphatic carbocycles. The zero-order valence-corrected chi connectivity index (χ0v) is 20.4. The van der Waals surface area contributed by atoms with Gasteiger partial charge in [0.1, 0.15) is 11.6 Å². The highest BCUT2D eigenvalue weighted by atomic mass is 35.5. The van der Waals surface area contributed by atoms with Gasteiger partial charge in [-0.25, -0.2) is 0 Å². The number of nitrogens with zero attached hydrogens (tertiary/aromatic N) is 1. The third-order valence-electron chi connectivity index (χ3n) is 7.78. The molecule has 3 fully saturated rings. The van der Waals surface area contributed by atoms with Crippen molar-refractivity contribution in [1.82, 2.24) is 10.2 Å². The summed E-state index contributed by atoms with van der Waals surface area (Å²) in [5, 5.41) is 6.67. The highest BCUT2D eigenvalue weighted by molar-refractivity contribution is 6.31. The van der Waals surface area contributed by atoms with Crippen molar-refractivity contribution in [1.29, 1.82) is 0 Å². The fourth-order valence-corrected chi connectivity index (χ4v) is 6.35. The number of hydrogen-bond acceptors (Lipinski definition) is 4. The first kappa shape index (κ1) is 23.4. The van der Waals surface area contributed by atoms with Gasteiger partial charge in [-0.2, -0.15) is 0 Å². The number of hydrogen-bond donors (Lipinski definition) is 2. The van der Waals surface area contributed by atoms with Crippen molar-refractivity contribution in [3.8, 4) is 0 Å². The Hall–Kier alpha value is -2.38. The summed E-state index contributed by atoms with van der Waals surface area (Å²) in [6.45, 7) is 4.32. The second-order valence-corrected chi connectivity index (χ2v) is 10.4. The lowest BCUT2D eigenvalue weighted by atomic mass is 9.74. The van der Waals surface area contributed by atoms with Crippen molar-refractivity contribution >= 4 is 35.0 Å². The second kappa shape index (κ2) is 9.00. The predicted molar refractivity (Wildman–Crippen MR) is 129 cm³/mol. The fraction of sp³-hybridized carbons (Fsp3) is 0.577. The van der Waals surface area contributed by atoms with E-state index in [1.807, 2.05) is 32.1 Å².